The molecule has 0 radical (unpaired) electrons. The van der Waals surface area contributed by atoms with Crippen molar-refractivity contribution in [1.82, 2.24) is 9.97 Å². The van der Waals surface area contributed by atoms with Crippen molar-refractivity contribution in [2.45, 2.75) is 20.3 Å². The molecule has 0 amide bonds. The molecular formula is C20H22N4O. The summed E-state index contributed by atoms with van der Waals surface area (Å²) in [4.78, 5) is 9.00. The quantitative estimate of drug-likeness (QED) is 0.675. The summed E-state index contributed by atoms with van der Waals surface area (Å²) in [6.45, 7) is 4.09. The summed E-state index contributed by atoms with van der Waals surface area (Å²) < 4.78 is 5.24. The summed E-state index contributed by atoms with van der Waals surface area (Å²) in [5, 5.41) is 6.55. The molecule has 2 N–H and O–H groups in total. The number of anilines is 4. The zero-order valence-corrected chi connectivity index (χ0v) is 14.7. The predicted octanol–water partition coefficient (Wildman–Crippen LogP) is 4.84. The van der Waals surface area contributed by atoms with Crippen LogP contribution in [0.3, 0.4) is 0 Å². The number of rotatable bonds is 6. The molecule has 0 saturated heterocycles. The van der Waals surface area contributed by atoms with E-state index in [4.69, 9.17) is 4.74 Å². The maximum Gasteiger partial charge on any atom is 0.229 e. The average molecular weight is 334 g/mol. The van der Waals surface area contributed by atoms with Gasteiger partial charge in [-0.15, -0.1) is 0 Å². The number of hydrogen-bond acceptors (Lipinski definition) is 5. The zero-order valence-electron chi connectivity index (χ0n) is 14.7. The van der Waals surface area contributed by atoms with Crippen LogP contribution in [0.2, 0.25) is 0 Å². The van der Waals surface area contributed by atoms with E-state index in [-0.39, 0.29) is 0 Å². The Kier molecular flexibility index (Phi) is 5.14. The highest BCUT2D eigenvalue weighted by Crippen LogP contribution is 2.22. The van der Waals surface area contributed by atoms with E-state index in [2.05, 4.69) is 51.8 Å². The summed E-state index contributed by atoms with van der Waals surface area (Å²) in [6.07, 6.45) is 1.03. The molecule has 5 nitrogen and oxygen atoms in total. The summed E-state index contributed by atoms with van der Waals surface area (Å²) in [6, 6.07) is 18.0. The first kappa shape index (κ1) is 16.8. The van der Waals surface area contributed by atoms with Crippen LogP contribution in [0.25, 0.3) is 0 Å². The highest BCUT2D eigenvalue weighted by Gasteiger charge is 2.04. The molecule has 1 aromatic heterocycles. The van der Waals surface area contributed by atoms with Gasteiger partial charge in [0.2, 0.25) is 5.95 Å². The Bertz CT molecular complexity index is 847. The van der Waals surface area contributed by atoms with Crippen LogP contribution in [-0.4, -0.2) is 17.1 Å². The molecule has 0 aliphatic carbocycles. The molecule has 0 atom stereocenters. The average Bonchev–Trinajstić information content (AvgIpc) is 2.62. The number of ether oxygens (including phenoxy) is 1. The highest BCUT2D eigenvalue weighted by molar-refractivity contribution is 5.61. The number of nitrogens with zero attached hydrogens (tertiary/aromatic N) is 2. The van der Waals surface area contributed by atoms with Crippen LogP contribution >= 0.6 is 0 Å². The molecule has 0 unspecified atom stereocenters. The largest absolute Gasteiger partial charge is 0.497 e. The third-order valence-corrected chi connectivity index (χ3v) is 3.81. The molecule has 0 spiro atoms. The van der Waals surface area contributed by atoms with Crippen LogP contribution in [0, 0.1) is 6.92 Å². The maximum atomic E-state index is 5.24. The van der Waals surface area contributed by atoms with Crippen LogP contribution in [0.1, 0.15) is 18.2 Å². The monoisotopic (exact) mass is 334 g/mol. The third-order valence-electron chi connectivity index (χ3n) is 3.81. The second kappa shape index (κ2) is 7.66. The molecule has 0 saturated carbocycles. The van der Waals surface area contributed by atoms with Gasteiger partial charge in [-0.25, -0.2) is 4.98 Å². The van der Waals surface area contributed by atoms with Gasteiger partial charge in [-0.1, -0.05) is 25.1 Å². The maximum absolute atomic E-state index is 5.24. The fourth-order valence-electron chi connectivity index (χ4n) is 2.49. The lowest BCUT2D eigenvalue weighted by Gasteiger charge is -2.11. The van der Waals surface area contributed by atoms with E-state index in [1.54, 1.807) is 7.11 Å². The smallest absolute Gasteiger partial charge is 0.229 e. The van der Waals surface area contributed by atoms with E-state index >= 15 is 0 Å². The van der Waals surface area contributed by atoms with Crippen molar-refractivity contribution in [3.05, 3.63) is 65.9 Å². The third kappa shape index (κ3) is 4.47. The van der Waals surface area contributed by atoms with Crippen molar-refractivity contribution in [1.29, 1.82) is 0 Å². The fraction of sp³-hybridized carbons (Fsp3) is 0.200. The minimum absolute atomic E-state index is 0.543. The Hall–Kier alpha value is -3.08. The Morgan fingerprint density at radius 1 is 0.920 bits per heavy atom. The molecule has 2 aromatic carbocycles. The Labute approximate surface area is 148 Å². The van der Waals surface area contributed by atoms with E-state index < -0.39 is 0 Å². The minimum atomic E-state index is 0.543. The number of methoxy groups -OCH3 is 1. The second-order valence-corrected chi connectivity index (χ2v) is 5.75. The first-order valence-corrected chi connectivity index (χ1v) is 8.29. The van der Waals surface area contributed by atoms with Gasteiger partial charge < -0.3 is 15.4 Å². The van der Waals surface area contributed by atoms with Gasteiger partial charge in [0.1, 0.15) is 11.6 Å². The topological polar surface area (TPSA) is 59.1 Å². The van der Waals surface area contributed by atoms with Gasteiger partial charge in [-0.3, -0.25) is 0 Å². The van der Waals surface area contributed by atoms with Gasteiger partial charge in [-0.2, -0.15) is 4.98 Å². The van der Waals surface area contributed by atoms with Crippen molar-refractivity contribution >= 4 is 23.1 Å². The van der Waals surface area contributed by atoms with Crippen molar-refractivity contribution in [2.75, 3.05) is 17.7 Å². The van der Waals surface area contributed by atoms with Crippen molar-refractivity contribution in [2.24, 2.45) is 0 Å². The molecule has 128 valence electrons. The van der Waals surface area contributed by atoms with E-state index in [1.165, 1.54) is 5.56 Å². The molecule has 3 rings (SSSR count). The molecule has 5 heteroatoms. The number of hydrogen-bond donors (Lipinski definition) is 2. The van der Waals surface area contributed by atoms with Crippen molar-refractivity contribution in [3.8, 4) is 5.75 Å². The molecule has 0 bridgehead atoms. The van der Waals surface area contributed by atoms with Gasteiger partial charge in [0.25, 0.3) is 0 Å². The lowest BCUT2D eigenvalue weighted by molar-refractivity contribution is 0.415. The molecule has 3 aromatic rings. The van der Waals surface area contributed by atoms with Crippen molar-refractivity contribution in [3.63, 3.8) is 0 Å². The zero-order chi connectivity index (χ0) is 17.6. The molecular weight excluding hydrogens is 312 g/mol. The fourth-order valence-corrected chi connectivity index (χ4v) is 2.49. The standard InChI is InChI=1S/C20H22N4O/c1-4-15-8-10-16(11-9-15)22-19-12-14(2)21-20(24-19)23-17-6-5-7-18(13-17)25-3/h5-13H,4H2,1-3H3,(H2,21,22,23,24). The molecule has 0 fully saturated rings. The first-order valence-electron chi connectivity index (χ1n) is 8.29. The van der Waals surface area contributed by atoms with Crippen LogP contribution in [-0.2, 0) is 6.42 Å². The summed E-state index contributed by atoms with van der Waals surface area (Å²) in [5.74, 6) is 2.08. The van der Waals surface area contributed by atoms with Gasteiger partial charge in [0.05, 0.1) is 7.11 Å². The van der Waals surface area contributed by atoms with Gasteiger partial charge in [-0.05, 0) is 43.2 Å². The van der Waals surface area contributed by atoms with Crippen LogP contribution in [0.15, 0.2) is 54.6 Å². The Balaban J connectivity index is 1.79. The predicted molar refractivity (Wildman–Crippen MR) is 102 cm³/mol. The molecule has 0 aliphatic heterocycles. The molecule has 0 aliphatic rings. The van der Waals surface area contributed by atoms with Crippen LogP contribution in [0.4, 0.5) is 23.1 Å². The van der Waals surface area contributed by atoms with Gasteiger partial charge >= 0.3 is 0 Å². The summed E-state index contributed by atoms with van der Waals surface area (Å²) in [5.41, 5.74) is 4.07. The SMILES string of the molecule is CCc1ccc(Nc2cc(C)nc(Nc3cccc(OC)c3)n2)cc1. The Morgan fingerprint density at radius 3 is 2.44 bits per heavy atom. The van der Waals surface area contributed by atoms with E-state index in [0.29, 0.717) is 5.95 Å². The Morgan fingerprint density at radius 2 is 1.72 bits per heavy atom. The highest BCUT2D eigenvalue weighted by atomic mass is 16.5. The lowest BCUT2D eigenvalue weighted by Crippen LogP contribution is -2.02. The van der Waals surface area contributed by atoms with E-state index in [9.17, 15) is 0 Å². The van der Waals surface area contributed by atoms with Crippen molar-refractivity contribution < 1.29 is 4.74 Å². The van der Waals surface area contributed by atoms with E-state index in [1.807, 2.05) is 37.3 Å². The van der Waals surface area contributed by atoms with Gasteiger partial charge in [0.15, 0.2) is 0 Å². The van der Waals surface area contributed by atoms with Crippen LogP contribution in [0.5, 0.6) is 5.75 Å². The number of aryl methyl sites for hydroxylation is 2. The normalized spacial score (nSPS) is 10.4. The van der Waals surface area contributed by atoms with E-state index in [0.717, 1.165) is 35.1 Å². The number of nitrogens with one attached hydrogen (secondary N) is 2. The van der Waals surface area contributed by atoms with Gasteiger partial charge in [0, 0.05) is 29.2 Å². The summed E-state index contributed by atoms with van der Waals surface area (Å²) >= 11 is 0. The number of aromatic nitrogens is 2. The molecule has 1 heterocycles. The first-order chi connectivity index (χ1) is 12.2. The van der Waals surface area contributed by atoms with Crippen LogP contribution < -0.4 is 15.4 Å². The molecule has 25 heavy (non-hydrogen) atoms. The summed E-state index contributed by atoms with van der Waals surface area (Å²) in [7, 11) is 1.65. The second-order valence-electron chi connectivity index (χ2n) is 5.75. The number of benzene rings is 2. The lowest BCUT2D eigenvalue weighted by atomic mass is 10.1. The minimum Gasteiger partial charge on any atom is -0.497 e.